The Balaban J connectivity index is 1.79. The molecule has 0 saturated carbocycles. The van der Waals surface area contributed by atoms with E-state index in [0.29, 0.717) is 16.5 Å². The molecule has 1 aromatic heterocycles. The molecule has 5 heteroatoms. The number of halogens is 2. The minimum atomic E-state index is -0.344. The first-order valence-electron chi connectivity index (χ1n) is 6.33. The molecule has 0 bridgehead atoms. The number of fused-ring (bicyclic) bond motifs is 1. The highest BCUT2D eigenvalue weighted by atomic mass is 127. The standard InChI is InChI=1S/C16H11FINO2/c17-11-4-5-15-14(7-11)10(9-21-15)6-16(20)19-13-3-1-2-12(18)8-13/h1-5,7-9H,6H2,(H,19,20). The zero-order valence-electron chi connectivity index (χ0n) is 10.9. The molecule has 106 valence electrons. The number of furan rings is 1. The average Bonchev–Trinajstić information content (AvgIpc) is 2.81. The average molecular weight is 395 g/mol. The van der Waals surface area contributed by atoms with Crippen LogP contribution in [0.15, 0.2) is 53.1 Å². The van der Waals surface area contributed by atoms with Crippen molar-refractivity contribution in [3.05, 3.63) is 63.7 Å². The maximum Gasteiger partial charge on any atom is 0.228 e. The zero-order valence-corrected chi connectivity index (χ0v) is 13.1. The van der Waals surface area contributed by atoms with Gasteiger partial charge in [0.15, 0.2) is 0 Å². The molecule has 21 heavy (non-hydrogen) atoms. The Kier molecular flexibility index (Phi) is 3.92. The highest BCUT2D eigenvalue weighted by Gasteiger charge is 2.11. The molecule has 3 rings (SSSR count). The fourth-order valence-electron chi connectivity index (χ4n) is 2.14. The summed E-state index contributed by atoms with van der Waals surface area (Å²) in [6, 6.07) is 11.8. The van der Waals surface area contributed by atoms with Gasteiger partial charge in [-0.2, -0.15) is 0 Å². The van der Waals surface area contributed by atoms with Crippen LogP contribution in [-0.2, 0) is 11.2 Å². The monoisotopic (exact) mass is 395 g/mol. The predicted octanol–water partition coefficient (Wildman–Crippen LogP) is 4.36. The zero-order chi connectivity index (χ0) is 14.8. The first-order valence-corrected chi connectivity index (χ1v) is 7.41. The Morgan fingerprint density at radius 3 is 2.90 bits per heavy atom. The molecule has 2 aromatic carbocycles. The third-order valence-corrected chi connectivity index (χ3v) is 3.75. The van der Waals surface area contributed by atoms with Crippen LogP contribution in [0.1, 0.15) is 5.56 Å². The van der Waals surface area contributed by atoms with E-state index < -0.39 is 0 Å². The number of hydrogen-bond acceptors (Lipinski definition) is 2. The van der Waals surface area contributed by atoms with Gasteiger partial charge in [0.2, 0.25) is 5.91 Å². The van der Waals surface area contributed by atoms with Crippen LogP contribution in [-0.4, -0.2) is 5.91 Å². The third kappa shape index (κ3) is 3.24. The second kappa shape index (κ2) is 5.85. The van der Waals surface area contributed by atoms with E-state index >= 15 is 0 Å². The van der Waals surface area contributed by atoms with Crippen molar-refractivity contribution >= 4 is 45.2 Å². The number of benzene rings is 2. The quantitative estimate of drug-likeness (QED) is 0.670. The molecule has 1 amide bonds. The van der Waals surface area contributed by atoms with Crippen molar-refractivity contribution in [2.24, 2.45) is 0 Å². The summed E-state index contributed by atoms with van der Waals surface area (Å²) < 4.78 is 19.6. The van der Waals surface area contributed by atoms with E-state index in [4.69, 9.17) is 4.42 Å². The molecule has 1 N–H and O–H groups in total. The SMILES string of the molecule is O=C(Cc1coc2ccc(F)cc12)Nc1cccc(I)c1. The maximum absolute atomic E-state index is 13.3. The maximum atomic E-state index is 13.3. The molecule has 0 radical (unpaired) electrons. The summed E-state index contributed by atoms with van der Waals surface area (Å²) in [5, 5.41) is 3.45. The first kappa shape index (κ1) is 14.1. The molecule has 0 saturated heterocycles. The normalized spacial score (nSPS) is 10.8. The van der Waals surface area contributed by atoms with Gasteiger partial charge in [0.1, 0.15) is 11.4 Å². The molecule has 0 aliphatic rings. The number of hydrogen-bond donors (Lipinski definition) is 1. The van der Waals surface area contributed by atoms with Gasteiger partial charge in [0, 0.05) is 20.2 Å². The summed E-state index contributed by atoms with van der Waals surface area (Å²) in [5.41, 5.74) is 1.99. The Morgan fingerprint density at radius 1 is 1.24 bits per heavy atom. The van der Waals surface area contributed by atoms with Gasteiger partial charge >= 0.3 is 0 Å². The molecule has 3 aromatic rings. The predicted molar refractivity (Wildman–Crippen MR) is 87.7 cm³/mol. The van der Waals surface area contributed by atoms with Crippen LogP contribution in [0.2, 0.25) is 0 Å². The highest BCUT2D eigenvalue weighted by molar-refractivity contribution is 14.1. The molecule has 0 aliphatic carbocycles. The Morgan fingerprint density at radius 2 is 2.10 bits per heavy atom. The smallest absolute Gasteiger partial charge is 0.228 e. The van der Waals surface area contributed by atoms with Crippen molar-refractivity contribution in [1.29, 1.82) is 0 Å². The summed E-state index contributed by atoms with van der Waals surface area (Å²) >= 11 is 2.18. The van der Waals surface area contributed by atoms with Crippen molar-refractivity contribution in [3.63, 3.8) is 0 Å². The van der Waals surface area contributed by atoms with Gasteiger partial charge in [-0.3, -0.25) is 4.79 Å². The second-order valence-corrected chi connectivity index (χ2v) is 5.88. The molecule has 0 fully saturated rings. The van der Waals surface area contributed by atoms with Crippen LogP contribution < -0.4 is 5.32 Å². The van der Waals surface area contributed by atoms with Crippen molar-refractivity contribution in [2.75, 3.05) is 5.32 Å². The summed E-state index contributed by atoms with van der Waals surface area (Å²) in [4.78, 5) is 12.1. The largest absolute Gasteiger partial charge is 0.464 e. The molecule has 0 aliphatic heterocycles. The van der Waals surface area contributed by atoms with Crippen molar-refractivity contribution < 1.29 is 13.6 Å². The first-order chi connectivity index (χ1) is 10.1. The lowest BCUT2D eigenvalue weighted by molar-refractivity contribution is -0.115. The van der Waals surface area contributed by atoms with Crippen LogP contribution >= 0.6 is 22.6 Å². The van der Waals surface area contributed by atoms with Crippen LogP contribution in [0.25, 0.3) is 11.0 Å². The summed E-state index contributed by atoms with van der Waals surface area (Å²) in [6.45, 7) is 0. The Labute approximate surface area is 134 Å². The molecule has 0 atom stereocenters. The topological polar surface area (TPSA) is 42.2 Å². The Hall–Kier alpha value is -1.89. The minimum Gasteiger partial charge on any atom is -0.464 e. The second-order valence-electron chi connectivity index (χ2n) is 4.64. The van der Waals surface area contributed by atoms with Crippen LogP contribution in [0.3, 0.4) is 0 Å². The lowest BCUT2D eigenvalue weighted by Gasteiger charge is -2.04. The van der Waals surface area contributed by atoms with E-state index in [-0.39, 0.29) is 18.1 Å². The Bertz CT molecular complexity index is 813. The summed E-state index contributed by atoms with van der Waals surface area (Å²) in [7, 11) is 0. The number of nitrogens with one attached hydrogen (secondary N) is 1. The van der Waals surface area contributed by atoms with Crippen molar-refractivity contribution in [1.82, 2.24) is 0 Å². The van der Waals surface area contributed by atoms with Crippen LogP contribution in [0.5, 0.6) is 0 Å². The van der Waals surface area contributed by atoms with Gasteiger partial charge in [-0.15, -0.1) is 0 Å². The lowest BCUT2D eigenvalue weighted by Crippen LogP contribution is -2.14. The van der Waals surface area contributed by atoms with Crippen LogP contribution in [0.4, 0.5) is 10.1 Å². The van der Waals surface area contributed by atoms with E-state index in [9.17, 15) is 9.18 Å². The molecule has 0 spiro atoms. The van der Waals surface area contributed by atoms with Gasteiger partial charge in [0.25, 0.3) is 0 Å². The van der Waals surface area contributed by atoms with Gasteiger partial charge in [-0.05, 0) is 59.0 Å². The van der Waals surface area contributed by atoms with E-state index in [0.717, 1.165) is 9.26 Å². The molecule has 0 unspecified atom stereocenters. The highest BCUT2D eigenvalue weighted by Crippen LogP contribution is 2.23. The van der Waals surface area contributed by atoms with Crippen molar-refractivity contribution in [2.45, 2.75) is 6.42 Å². The number of rotatable bonds is 3. The van der Waals surface area contributed by atoms with Gasteiger partial charge in [0.05, 0.1) is 12.7 Å². The number of carbonyl (C=O) groups excluding carboxylic acids is 1. The van der Waals surface area contributed by atoms with Gasteiger partial charge in [-0.1, -0.05) is 6.07 Å². The van der Waals surface area contributed by atoms with E-state index in [1.807, 2.05) is 24.3 Å². The fraction of sp³-hybridized carbons (Fsp3) is 0.0625. The number of carbonyl (C=O) groups is 1. The molecule has 1 heterocycles. The van der Waals surface area contributed by atoms with Crippen molar-refractivity contribution in [3.8, 4) is 0 Å². The minimum absolute atomic E-state index is 0.141. The number of anilines is 1. The third-order valence-electron chi connectivity index (χ3n) is 3.08. The molecular formula is C16H11FINO2. The summed E-state index contributed by atoms with van der Waals surface area (Å²) in [6.07, 6.45) is 1.64. The van der Waals surface area contributed by atoms with E-state index in [2.05, 4.69) is 27.9 Å². The fourth-order valence-corrected chi connectivity index (χ4v) is 2.68. The molecule has 3 nitrogen and oxygen atoms in total. The van der Waals surface area contributed by atoms with Gasteiger partial charge < -0.3 is 9.73 Å². The lowest BCUT2D eigenvalue weighted by atomic mass is 10.1. The van der Waals surface area contributed by atoms with E-state index in [1.54, 1.807) is 6.07 Å². The molecular weight excluding hydrogens is 384 g/mol. The van der Waals surface area contributed by atoms with Crippen LogP contribution in [0, 0.1) is 9.39 Å². The van der Waals surface area contributed by atoms with Gasteiger partial charge in [-0.25, -0.2) is 4.39 Å². The number of amides is 1. The summed E-state index contributed by atoms with van der Waals surface area (Å²) in [5.74, 6) is -0.507. The van der Waals surface area contributed by atoms with E-state index in [1.165, 1.54) is 18.4 Å².